The first-order valence-electron chi connectivity index (χ1n) is 17.2. The highest BCUT2D eigenvalue weighted by Crippen LogP contribution is 2.47. The largest absolute Gasteiger partial charge is 0.444 e. The summed E-state index contributed by atoms with van der Waals surface area (Å²) in [7, 11) is 0. The van der Waals surface area contributed by atoms with Crippen molar-refractivity contribution in [2.24, 2.45) is 5.92 Å². The number of likely N-dealkylation sites (tertiary alicyclic amines) is 2. The van der Waals surface area contributed by atoms with Crippen molar-refractivity contribution in [3.63, 3.8) is 0 Å². The molecule has 3 aliphatic heterocycles. The van der Waals surface area contributed by atoms with E-state index in [1.807, 2.05) is 73.3 Å². The van der Waals surface area contributed by atoms with Crippen LogP contribution in [0, 0.1) is 5.92 Å². The molecule has 2 N–H and O–H groups in total. The van der Waals surface area contributed by atoms with Gasteiger partial charge in [0, 0.05) is 31.3 Å². The molecule has 2 aromatic carbocycles. The Morgan fingerprint density at radius 1 is 1.00 bits per heavy atom. The Morgan fingerprint density at radius 2 is 1.71 bits per heavy atom. The fourth-order valence-corrected chi connectivity index (χ4v) is 7.02. The Labute approximate surface area is 284 Å². The van der Waals surface area contributed by atoms with Gasteiger partial charge in [0.25, 0.3) is 5.91 Å². The molecule has 3 amide bonds. The van der Waals surface area contributed by atoms with Crippen molar-refractivity contribution in [1.82, 2.24) is 15.1 Å². The molecule has 0 aliphatic carbocycles. The van der Waals surface area contributed by atoms with E-state index < -0.39 is 41.8 Å². The van der Waals surface area contributed by atoms with E-state index >= 15 is 0 Å². The van der Waals surface area contributed by atoms with Crippen LogP contribution in [0.1, 0.15) is 94.2 Å². The van der Waals surface area contributed by atoms with Crippen molar-refractivity contribution in [2.45, 2.75) is 102 Å². The van der Waals surface area contributed by atoms with E-state index in [-0.39, 0.29) is 18.4 Å². The van der Waals surface area contributed by atoms with Gasteiger partial charge in [-0.1, -0.05) is 49.2 Å². The molecule has 5 rings (SSSR count). The Hall–Kier alpha value is -3.73. The number of carbonyl (C=O) groups is 3. The number of hydrogen-bond acceptors (Lipinski definition) is 7. The molecule has 3 heterocycles. The SMILES string of the molecule is CC(C)(C)OC(=O)N1[C@H](CO)[C@H]2OC(C)(C)O[C@H]2[C@@H]1c1cccc(/C=C/C(=O)NCCCCC2CCN(C(=O)c3ccccc3)CC2)c1. The number of rotatable bonds is 10. The minimum Gasteiger partial charge on any atom is -0.444 e. The maximum absolute atomic E-state index is 13.4. The second-order valence-corrected chi connectivity index (χ2v) is 14.5. The molecule has 10 heteroatoms. The number of carbonyl (C=O) groups excluding carboxylic acids is 3. The van der Waals surface area contributed by atoms with Crippen molar-refractivity contribution in [3.8, 4) is 0 Å². The van der Waals surface area contributed by atoms with Gasteiger partial charge in [0.15, 0.2) is 5.79 Å². The van der Waals surface area contributed by atoms with Gasteiger partial charge in [-0.3, -0.25) is 14.5 Å². The number of nitrogens with one attached hydrogen (secondary N) is 1. The average molecular weight is 662 g/mol. The minimum absolute atomic E-state index is 0.114. The number of aliphatic hydroxyl groups excluding tert-OH is 1. The van der Waals surface area contributed by atoms with E-state index in [0.29, 0.717) is 12.5 Å². The summed E-state index contributed by atoms with van der Waals surface area (Å²) >= 11 is 0. The van der Waals surface area contributed by atoms with Crippen molar-refractivity contribution >= 4 is 24.0 Å². The molecular formula is C38H51N3O7. The molecular weight excluding hydrogens is 610 g/mol. The van der Waals surface area contributed by atoms with Gasteiger partial charge in [-0.05, 0) is 95.2 Å². The van der Waals surface area contributed by atoms with Crippen molar-refractivity contribution in [2.75, 3.05) is 26.2 Å². The van der Waals surface area contributed by atoms with Crippen LogP contribution < -0.4 is 5.32 Å². The smallest absolute Gasteiger partial charge is 0.411 e. The third kappa shape index (κ3) is 8.84. The van der Waals surface area contributed by atoms with Gasteiger partial charge in [0.2, 0.25) is 5.91 Å². The van der Waals surface area contributed by atoms with E-state index in [4.69, 9.17) is 14.2 Å². The van der Waals surface area contributed by atoms with Crippen LogP contribution in [0.15, 0.2) is 60.7 Å². The molecule has 0 bridgehead atoms. The Bertz CT molecular complexity index is 1450. The molecule has 10 nitrogen and oxygen atoms in total. The highest BCUT2D eigenvalue weighted by atomic mass is 16.8. The van der Waals surface area contributed by atoms with Crippen LogP contribution in [0.4, 0.5) is 4.79 Å². The third-order valence-corrected chi connectivity index (χ3v) is 9.24. The van der Waals surface area contributed by atoms with Crippen LogP contribution in [0.25, 0.3) is 6.08 Å². The lowest BCUT2D eigenvalue weighted by Crippen LogP contribution is -2.47. The molecule has 48 heavy (non-hydrogen) atoms. The summed E-state index contributed by atoms with van der Waals surface area (Å²) < 4.78 is 18.2. The van der Waals surface area contributed by atoms with Gasteiger partial charge < -0.3 is 29.5 Å². The summed E-state index contributed by atoms with van der Waals surface area (Å²) in [5, 5.41) is 13.3. The molecule has 0 radical (unpaired) electrons. The Balaban J connectivity index is 1.11. The van der Waals surface area contributed by atoms with Crippen LogP contribution in [0.3, 0.4) is 0 Å². The molecule has 0 unspecified atom stereocenters. The number of fused-ring (bicyclic) bond motifs is 1. The van der Waals surface area contributed by atoms with Crippen LogP contribution in [-0.2, 0) is 19.0 Å². The Kier molecular flexibility index (Phi) is 11.3. The van der Waals surface area contributed by atoms with E-state index in [1.54, 1.807) is 31.7 Å². The number of benzene rings is 2. The predicted molar refractivity (Wildman–Crippen MR) is 183 cm³/mol. The lowest BCUT2D eigenvalue weighted by Gasteiger charge is -2.35. The zero-order chi connectivity index (χ0) is 34.5. The first-order valence-corrected chi connectivity index (χ1v) is 17.2. The fraction of sp³-hybridized carbons (Fsp3) is 0.553. The minimum atomic E-state index is -0.864. The zero-order valence-corrected chi connectivity index (χ0v) is 28.9. The molecule has 3 saturated heterocycles. The maximum atomic E-state index is 13.4. The standard InChI is InChI=1S/C38H51N3O7/c1-37(2,3)48-36(45)41-30(25-42)33-34(47-38(4,5)46-33)32(41)29-16-11-13-27(24-29)17-18-31(43)39-21-10-9-12-26-19-22-40(23-20-26)35(44)28-14-7-6-8-15-28/h6-8,11,13-18,24,26,30,32-34,42H,9-10,12,19-23,25H2,1-5H3,(H,39,43)/b18-17+/t30-,32+,33-,34+/m1/s1. The van der Waals surface area contributed by atoms with Crippen LogP contribution >= 0.6 is 0 Å². The van der Waals surface area contributed by atoms with Gasteiger partial charge >= 0.3 is 6.09 Å². The topological polar surface area (TPSA) is 118 Å². The molecule has 0 spiro atoms. The number of aliphatic hydroxyl groups is 1. The number of unbranched alkanes of at least 4 members (excludes halogenated alkanes) is 1. The third-order valence-electron chi connectivity index (χ3n) is 9.24. The van der Waals surface area contributed by atoms with Crippen molar-refractivity contribution in [1.29, 1.82) is 0 Å². The first kappa shape index (κ1) is 35.6. The van der Waals surface area contributed by atoms with Crippen LogP contribution in [0.5, 0.6) is 0 Å². The van der Waals surface area contributed by atoms with Gasteiger partial charge in [-0.15, -0.1) is 0 Å². The lowest BCUT2D eigenvalue weighted by atomic mass is 9.91. The maximum Gasteiger partial charge on any atom is 0.411 e. The summed E-state index contributed by atoms with van der Waals surface area (Å²) in [5.74, 6) is -0.312. The van der Waals surface area contributed by atoms with E-state index in [0.717, 1.165) is 61.9 Å². The van der Waals surface area contributed by atoms with E-state index in [2.05, 4.69) is 5.32 Å². The summed E-state index contributed by atoms with van der Waals surface area (Å²) in [6.07, 6.45) is 6.76. The summed E-state index contributed by atoms with van der Waals surface area (Å²) in [6.45, 7) is 11.0. The number of amides is 3. The van der Waals surface area contributed by atoms with E-state index in [1.165, 1.54) is 6.08 Å². The van der Waals surface area contributed by atoms with Crippen molar-refractivity contribution < 1.29 is 33.7 Å². The van der Waals surface area contributed by atoms with Gasteiger partial charge in [-0.25, -0.2) is 4.79 Å². The fourth-order valence-electron chi connectivity index (χ4n) is 7.02. The molecule has 2 aromatic rings. The van der Waals surface area contributed by atoms with E-state index in [9.17, 15) is 19.5 Å². The number of ether oxygens (including phenoxy) is 3. The highest BCUT2D eigenvalue weighted by Gasteiger charge is 2.60. The quantitative estimate of drug-likeness (QED) is 0.247. The molecule has 0 saturated carbocycles. The number of hydrogen-bond donors (Lipinski definition) is 2. The second kappa shape index (κ2) is 15.2. The molecule has 4 atom stereocenters. The average Bonchev–Trinajstić information content (AvgIpc) is 3.52. The number of piperidine rings is 1. The molecule has 0 aromatic heterocycles. The zero-order valence-electron chi connectivity index (χ0n) is 28.9. The molecule has 3 fully saturated rings. The summed E-state index contributed by atoms with van der Waals surface area (Å²) in [5.41, 5.74) is 1.62. The van der Waals surface area contributed by atoms with Crippen LogP contribution in [-0.4, -0.2) is 88.7 Å². The summed E-state index contributed by atoms with van der Waals surface area (Å²) in [4.78, 5) is 42.3. The summed E-state index contributed by atoms with van der Waals surface area (Å²) in [6, 6.07) is 15.9. The van der Waals surface area contributed by atoms with Gasteiger partial charge in [0.1, 0.15) is 17.8 Å². The highest BCUT2D eigenvalue weighted by molar-refractivity contribution is 5.94. The number of nitrogens with zero attached hydrogens (tertiary/aromatic N) is 2. The van der Waals surface area contributed by atoms with Crippen molar-refractivity contribution in [3.05, 3.63) is 77.4 Å². The molecule has 3 aliphatic rings. The lowest BCUT2D eigenvalue weighted by molar-refractivity contribution is -0.169. The van der Waals surface area contributed by atoms with Gasteiger partial charge in [0.05, 0.1) is 18.7 Å². The Morgan fingerprint density at radius 3 is 2.40 bits per heavy atom. The predicted octanol–water partition coefficient (Wildman–Crippen LogP) is 5.71. The first-order chi connectivity index (χ1) is 22.8. The van der Waals surface area contributed by atoms with Crippen LogP contribution in [0.2, 0.25) is 0 Å². The second-order valence-electron chi connectivity index (χ2n) is 14.5. The molecule has 260 valence electrons. The van der Waals surface area contributed by atoms with Gasteiger partial charge in [-0.2, -0.15) is 0 Å². The monoisotopic (exact) mass is 661 g/mol. The normalized spacial score (nSPS) is 24.1.